The van der Waals surface area contributed by atoms with E-state index in [1.807, 2.05) is 12.1 Å². The van der Waals surface area contributed by atoms with E-state index in [1.165, 1.54) is 12.1 Å². The van der Waals surface area contributed by atoms with Gasteiger partial charge in [0.05, 0.1) is 28.6 Å². The van der Waals surface area contributed by atoms with E-state index in [-0.39, 0.29) is 0 Å². The highest BCUT2D eigenvalue weighted by Crippen LogP contribution is 2.36. The Kier molecular flexibility index (Phi) is 4.55. The van der Waals surface area contributed by atoms with Crippen LogP contribution >= 0.6 is 0 Å². The molecule has 0 atom stereocenters. The molecule has 0 amide bonds. The normalized spacial score (nSPS) is 13.9. The molecule has 0 fully saturated rings. The summed E-state index contributed by atoms with van der Waals surface area (Å²) >= 11 is 0. The molecule has 1 aromatic heterocycles. The average molecular weight is 382 g/mol. The number of aromatic nitrogens is 2. The molecular formula is C21H17F3N4. The first-order valence-corrected chi connectivity index (χ1v) is 9.01. The zero-order chi connectivity index (χ0) is 19.7. The maximum absolute atomic E-state index is 12.9. The smallest absolute Gasteiger partial charge is 0.370 e. The number of nitrogens with one attached hydrogen (secondary N) is 1. The summed E-state index contributed by atoms with van der Waals surface area (Å²) in [5.41, 5.74) is 3.01. The van der Waals surface area contributed by atoms with E-state index in [9.17, 15) is 13.2 Å². The van der Waals surface area contributed by atoms with Crippen molar-refractivity contribution in [2.75, 3.05) is 11.9 Å². The third-order valence-corrected chi connectivity index (χ3v) is 4.86. The summed E-state index contributed by atoms with van der Waals surface area (Å²) in [5, 5.41) is 17.1. The summed E-state index contributed by atoms with van der Waals surface area (Å²) in [6.45, 7) is 0.807. The van der Waals surface area contributed by atoms with Crippen molar-refractivity contribution in [1.82, 2.24) is 9.78 Å². The molecule has 2 heterocycles. The Morgan fingerprint density at radius 2 is 1.71 bits per heavy atom. The Morgan fingerprint density at radius 1 is 1.00 bits per heavy atom. The Hall–Kier alpha value is -3.27. The number of fused-ring (bicyclic) bond motifs is 1. The number of halogens is 3. The molecule has 1 aliphatic rings. The van der Waals surface area contributed by atoms with Gasteiger partial charge in [-0.25, -0.2) is 4.68 Å². The first kappa shape index (κ1) is 18.1. The van der Waals surface area contributed by atoms with Crippen LogP contribution in [-0.4, -0.2) is 16.3 Å². The molecule has 4 rings (SSSR count). The van der Waals surface area contributed by atoms with Crippen LogP contribution in [0, 0.1) is 11.3 Å². The molecule has 2 aromatic carbocycles. The average Bonchev–Trinajstić information content (AvgIpc) is 2.88. The van der Waals surface area contributed by atoms with Crippen LogP contribution in [-0.2, 0) is 12.6 Å². The van der Waals surface area contributed by atoms with Crippen molar-refractivity contribution in [2.24, 2.45) is 0 Å². The topological polar surface area (TPSA) is 53.6 Å². The van der Waals surface area contributed by atoms with Crippen molar-refractivity contribution < 1.29 is 13.2 Å². The second kappa shape index (κ2) is 7.04. The second-order valence-electron chi connectivity index (χ2n) is 6.71. The highest BCUT2D eigenvalue weighted by Gasteiger charge is 2.30. The van der Waals surface area contributed by atoms with Gasteiger partial charge in [0.25, 0.3) is 0 Å². The monoisotopic (exact) mass is 382 g/mol. The van der Waals surface area contributed by atoms with Gasteiger partial charge >= 0.3 is 6.18 Å². The van der Waals surface area contributed by atoms with E-state index in [1.54, 1.807) is 16.8 Å². The first-order valence-electron chi connectivity index (χ1n) is 9.01. The summed E-state index contributed by atoms with van der Waals surface area (Å²) in [6.07, 6.45) is -1.57. The van der Waals surface area contributed by atoms with Crippen LogP contribution in [0.5, 0.6) is 0 Å². The number of rotatable bonds is 2. The number of nitrogens with zero attached hydrogens (tertiary/aromatic N) is 3. The second-order valence-corrected chi connectivity index (χ2v) is 6.71. The molecule has 1 aliphatic heterocycles. The van der Waals surface area contributed by atoms with E-state index in [0.717, 1.165) is 55.0 Å². The van der Waals surface area contributed by atoms with Crippen LogP contribution in [0.1, 0.15) is 29.5 Å². The van der Waals surface area contributed by atoms with Gasteiger partial charge in [0.2, 0.25) is 0 Å². The van der Waals surface area contributed by atoms with Gasteiger partial charge in [0.15, 0.2) is 0 Å². The van der Waals surface area contributed by atoms with E-state index in [2.05, 4.69) is 11.4 Å². The number of hydrogen-bond acceptors (Lipinski definition) is 3. The minimum atomic E-state index is -4.36. The fourth-order valence-electron chi connectivity index (χ4n) is 3.42. The lowest BCUT2D eigenvalue weighted by atomic mass is 10.0. The summed E-state index contributed by atoms with van der Waals surface area (Å²) in [4.78, 5) is 0. The van der Waals surface area contributed by atoms with Gasteiger partial charge < -0.3 is 5.32 Å². The standard InChI is InChI=1S/C21H17F3N4/c22-21(23,24)16-8-6-15(7-9-16)19-18-3-1-2-12-26-20(18)28(27-19)17-10-4-14(13-25)5-11-17/h4-11,26H,1-3,12H2. The Balaban J connectivity index is 1.81. The molecule has 3 aromatic rings. The first-order chi connectivity index (χ1) is 13.5. The molecule has 7 heteroatoms. The zero-order valence-electron chi connectivity index (χ0n) is 14.9. The van der Waals surface area contributed by atoms with Gasteiger partial charge in [-0.1, -0.05) is 12.1 Å². The van der Waals surface area contributed by atoms with Crippen LogP contribution in [0.15, 0.2) is 48.5 Å². The third-order valence-electron chi connectivity index (χ3n) is 4.86. The van der Waals surface area contributed by atoms with Crippen LogP contribution in [0.4, 0.5) is 19.0 Å². The predicted molar refractivity (Wildman–Crippen MR) is 100 cm³/mol. The number of hydrogen-bond donors (Lipinski definition) is 1. The molecular weight excluding hydrogens is 365 g/mol. The van der Waals surface area contributed by atoms with Gasteiger partial charge in [0, 0.05) is 17.7 Å². The fraction of sp³-hybridized carbons (Fsp3) is 0.238. The van der Waals surface area contributed by atoms with Gasteiger partial charge in [-0.2, -0.15) is 23.5 Å². The predicted octanol–water partition coefficient (Wildman–Crippen LogP) is 5.18. The maximum atomic E-state index is 12.9. The Morgan fingerprint density at radius 3 is 2.36 bits per heavy atom. The highest BCUT2D eigenvalue weighted by molar-refractivity contribution is 5.71. The van der Waals surface area contributed by atoms with Crippen molar-refractivity contribution >= 4 is 5.82 Å². The quantitative estimate of drug-likeness (QED) is 0.665. The van der Waals surface area contributed by atoms with Gasteiger partial charge in [-0.05, 0) is 55.7 Å². The number of anilines is 1. The molecule has 0 aliphatic carbocycles. The van der Waals surface area contributed by atoms with Crippen molar-refractivity contribution in [3.8, 4) is 23.0 Å². The molecule has 1 N–H and O–H groups in total. The number of nitriles is 1. The molecule has 0 saturated heterocycles. The van der Waals surface area contributed by atoms with Crippen molar-refractivity contribution in [1.29, 1.82) is 5.26 Å². The molecule has 0 bridgehead atoms. The van der Waals surface area contributed by atoms with E-state index in [4.69, 9.17) is 10.4 Å². The van der Waals surface area contributed by atoms with Crippen molar-refractivity contribution in [3.05, 3.63) is 65.2 Å². The van der Waals surface area contributed by atoms with Crippen molar-refractivity contribution in [2.45, 2.75) is 25.4 Å². The summed E-state index contributed by atoms with van der Waals surface area (Å²) in [6, 6.07) is 14.3. The van der Waals surface area contributed by atoms with Gasteiger partial charge in [0.1, 0.15) is 5.82 Å². The zero-order valence-corrected chi connectivity index (χ0v) is 14.9. The molecule has 0 spiro atoms. The molecule has 142 valence electrons. The Bertz CT molecular complexity index is 1030. The van der Waals surface area contributed by atoms with Crippen molar-refractivity contribution in [3.63, 3.8) is 0 Å². The summed E-state index contributed by atoms with van der Waals surface area (Å²) in [5.74, 6) is 0.858. The molecule has 28 heavy (non-hydrogen) atoms. The van der Waals surface area contributed by atoms with Crippen LogP contribution < -0.4 is 5.32 Å². The minimum Gasteiger partial charge on any atom is -0.370 e. The third kappa shape index (κ3) is 3.33. The minimum absolute atomic E-state index is 0.554. The lowest BCUT2D eigenvalue weighted by molar-refractivity contribution is -0.137. The fourth-order valence-corrected chi connectivity index (χ4v) is 3.42. The SMILES string of the molecule is N#Cc1ccc(-n2nc(-c3ccc(C(F)(F)F)cc3)c3c2NCCCC3)cc1. The Labute approximate surface area is 160 Å². The summed E-state index contributed by atoms with van der Waals surface area (Å²) < 4.78 is 40.4. The van der Waals surface area contributed by atoms with Gasteiger partial charge in [-0.3, -0.25) is 0 Å². The number of benzene rings is 2. The van der Waals surface area contributed by atoms with Gasteiger partial charge in [-0.15, -0.1) is 0 Å². The number of alkyl halides is 3. The van der Waals surface area contributed by atoms with Crippen LogP contribution in [0.3, 0.4) is 0 Å². The van der Waals surface area contributed by atoms with Crippen LogP contribution in [0.25, 0.3) is 16.9 Å². The summed E-state index contributed by atoms with van der Waals surface area (Å²) in [7, 11) is 0. The van der Waals surface area contributed by atoms with E-state index in [0.29, 0.717) is 16.8 Å². The van der Waals surface area contributed by atoms with E-state index >= 15 is 0 Å². The maximum Gasteiger partial charge on any atom is 0.416 e. The highest BCUT2D eigenvalue weighted by atomic mass is 19.4. The molecule has 0 saturated carbocycles. The van der Waals surface area contributed by atoms with Crippen LogP contribution in [0.2, 0.25) is 0 Å². The van der Waals surface area contributed by atoms with E-state index < -0.39 is 11.7 Å². The molecule has 0 radical (unpaired) electrons. The molecule has 4 nitrogen and oxygen atoms in total. The molecule has 0 unspecified atom stereocenters. The largest absolute Gasteiger partial charge is 0.416 e. The lowest BCUT2D eigenvalue weighted by Gasteiger charge is -2.09. The lowest BCUT2D eigenvalue weighted by Crippen LogP contribution is -2.07.